The van der Waals surface area contributed by atoms with Crippen LogP contribution in [0.4, 0.5) is 0 Å². The van der Waals surface area contributed by atoms with Gasteiger partial charge in [0.1, 0.15) is 5.52 Å². The lowest BCUT2D eigenvalue weighted by atomic mass is 10.2. The standard InChI is InChI=1S/C5H13N2OP/c1-7-4(3-6)2-5(8)9/h4,7H,2-3,6,9H2,1H3. The summed E-state index contributed by atoms with van der Waals surface area (Å²) in [4.78, 5) is 10.4. The van der Waals surface area contributed by atoms with E-state index in [0.29, 0.717) is 13.0 Å². The molecule has 0 aliphatic heterocycles. The maximum Gasteiger partial charge on any atom is 0.149 e. The number of hydrogen-bond donors (Lipinski definition) is 2. The van der Waals surface area contributed by atoms with Gasteiger partial charge in [0, 0.05) is 19.0 Å². The van der Waals surface area contributed by atoms with Gasteiger partial charge in [-0.05, 0) is 7.05 Å². The molecule has 0 saturated carbocycles. The van der Waals surface area contributed by atoms with Crippen LogP contribution < -0.4 is 11.1 Å². The molecule has 0 fully saturated rings. The van der Waals surface area contributed by atoms with E-state index >= 15 is 0 Å². The van der Waals surface area contributed by atoms with E-state index in [1.807, 2.05) is 0 Å². The second kappa shape index (κ2) is 4.86. The number of likely N-dealkylation sites (N-methyl/N-ethyl adjacent to an activating group) is 1. The Bertz CT molecular complexity index is 93.0. The van der Waals surface area contributed by atoms with E-state index in [1.54, 1.807) is 7.05 Å². The number of nitrogens with one attached hydrogen (secondary N) is 1. The Balaban J connectivity index is 3.43. The highest BCUT2D eigenvalue weighted by molar-refractivity contribution is 7.40. The van der Waals surface area contributed by atoms with Gasteiger partial charge in [0.25, 0.3) is 0 Å². The van der Waals surface area contributed by atoms with Crippen molar-refractivity contribution < 1.29 is 4.79 Å². The van der Waals surface area contributed by atoms with Crippen LogP contribution in [0.3, 0.4) is 0 Å². The van der Waals surface area contributed by atoms with Crippen LogP contribution >= 0.6 is 9.24 Å². The smallest absolute Gasteiger partial charge is 0.149 e. The van der Waals surface area contributed by atoms with Crippen LogP contribution in [0.2, 0.25) is 0 Å². The third-order valence-electron chi connectivity index (χ3n) is 1.14. The van der Waals surface area contributed by atoms with Crippen LogP contribution in [0.25, 0.3) is 0 Å². The molecule has 0 saturated heterocycles. The Morgan fingerprint density at radius 2 is 2.44 bits per heavy atom. The minimum absolute atomic E-state index is 0.0970. The Kier molecular flexibility index (Phi) is 4.87. The number of carbonyl (C=O) groups is 1. The molecule has 3 nitrogen and oxygen atoms in total. The van der Waals surface area contributed by atoms with Crippen LogP contribution in [0.1, 0.15) is 6.42 Å². The first-order valence-corrected chi connectivity index (χ1v) is 3.44. The van der Waals surface area contributed by atoms with E-state index in [1.165, 1.54) is 0 Å². The zero-order valence-corrected chi connectivity index (χ0v) is 6.71. The molecule has 2 atom stereocenters. The molecule has 0 aromatic rings. The highest BCUT2D eigenvalue weighted by Crippen LogP contribution is 1.95. The van der Waals surface area contributed by atoms with Crippen molar-refractivity contribution in [3.05, 3.63) is 0 Å². The number of nitrogens with two attached hydrogens (primary N) is 1. The average Bonchev–Trinajstić information content (AvgIpc) is 1.82. The summed E-state index contributed by atoms with van der Waals surface area (Å²) >= 11 is 0. The lowest BCUT2D eigenvalue weighted by molar-refractivity contribution is -0.111. The lowest BCUT2D eigenvalue weighted by Gasteiger charge is -2.09. The van der Waals surface area contributed by atoms with Gasteiger partial charge < -0.3 is 11.1 Å². The Labute approximate surface area is 57.6 Å². The molecular formula is C5H13N2OP. The van der Waals surface area contributed by atoms with Gasteiger partial charge in [0.2, 0.25) is 0 Å². The first kappa shape index (κ1) is 9.02. The molecule has 0 rings (SSSR count). The minimum Gasteiger partial charge on any atom is -0.329 e. The summed E-state index contributed by atoms with van der Waals surface area (Å²) in [5.41, 5.74) is 5.40. The van der Waals surface area contributed by atoms with Crippen molar-refractivity contribution in [2.75, 3.05) is 13.6 Å². The van der Waals surface area contributed by atoms with E-state index in [4.69, 9.17) is 5.73 Å². The zero-order chi connectivity index (χ0) is 7.28. The molecule has 0 aromatic carbocycles. The van der Waals surface area contributed by atoms with Gasteiger partial charge in [-0.25, -0.2) is 0 Å². The summed E-state index contributed by atoms with van der Waals surface area (Å²) in [7, 11) is 3.92. The first-order valence-electron chi connectivity index (χ1n) is 2.86. The van der Waals surface area contributed by atoms with Crippen LogP contribution in [0.15, 0.2) is 0 Å². The summed E-state index contributed by atoms with van der Waals surface area (Å²) in [5, 5.41) is 2.92. The molecular weight excluding hydrogens is 135 g/mol. The minimum atomic E-state index is 0.0970. The number of carbonyl (C=O) groups excluding carboxylic acids is 1. The molecule has 0 heterocycles. The number of hydrogen-bond acceptors (Lipinski definition) is 3. The van der Waals surface area contributed by atoms with Gasteiger partial charge in [-0.15, -0.1) is 0 Å². The molecule has 0 aromatic heterocycles. The second-order valence-electron chi connectivity index (χ2n) is 1.89. The molecule has 4 heteroatoms. The van der Waals surface area contributed by atoms with Gasteiger partial charge in [-0.1, -0.05) is 9.24 Å². The zero-order valence-electron chi connectivity index (χ0n) is 5.55. The molecule has 9 heavy (non-hydrogen) atoms. The maximum atomic E-state index is 10.4. The molecule has 0 radical (unpaired) electrons. The van der Waals surface area contributed by atoms with Crippen molar-refractivity contribution in [2.24, 2.45) is 5.73 Å². The quantitative estimate of drug-likeness (QED) is 0.519. The second-order valence-corrected chi connectivity index (χ2v) is 2.54. The maximum absolute atomic E-state index is 10.4. The van der Waals surface area contributed by atoms with Gasteiger partial charge in [0.05, 0.1) is 0 Å². The van der Waals surface area contributed by atoms with Crippen molar-refractivity contribution in [3.8, 4) is 0 Å². The first-order chi connectivity index (χ1) is 4.20. The van der Waals surface area contributed by atoms with E-state index in [9.17, 15) is 4.79 Å². The van der Waals surface area contributed by atoms with Crippen LogP contribution in [-0.4, -0.2) is 25.2 Å². The van der Waals surface area contributed by atoms with Gasteiger partial charge in [-0.3, -0.25) is 4.79 Å². The molecule has 0 amide bonds. The molecule has 2 unspecified atom stereocenters. The van der Waals surface area contributed by atoms with E-state index in [-0.39, 0.29) is 11.6 Å². The van der Waals surface area contributed by atoms with Crippen LogP contribution in [0.5, 0.6) is 0 Å². The average molecular weight is 148 g/mol. The predicted octanol–water partition coefficient (Wildman–Crippen LogP) is -0.675. The van der Waals surface area contributed by atoms with Crippen molar-refractivity contribution in [3.63, 3.8) is 0 Å². The highest BCUT2D eigenvalue weighted by Gasteiger charge is 2.04. The van der Waals surface area contributed by atoms with Crippen LogP contribution in [-0.2, 0) is 4.79 Å². The Hall–Kier alpha value is 0.0200. The molecule has 3 N–H and O–H groups in total. The van der Waals surface area contributed by atoms with E-state index in [0.717, 1.165) is 0 Å². The third-order valence-corrected chi connectivity index (χ3v) is 1.38. The fourth-order valence-corrected chi connectivity index (χ4v) is 0.831. The van der Waals surface area contributed by atoms with Crippen molar-refractivity contribution in [2.45, 2.75) is 12.5 Å². The monoisotopic (exact) mass is 148 g/mol. The van der Waals surface area contributed by atoms with Gasteiger partial charge in [0.15, 0.2) is 0 Å². The highest BCUT2D eigenvalue weighted by atomic mass is 31.0. The van der Waals surface area contributed by atoms with Crippen LogP contribution in [0, 0.1) is 0 Å². The topological polar surface area (TPSA) is 55.1 Å². The third kappa shape index (κ3) is 4.52. The molecule has 0 aliphatic carbocycles. The summed E-state index contributed by atoms with van der Waals surface area (Å²) < 4.78 is 0. The van der Waals surface area contributed by atoms with Gasteiger partial charge >= 0.3 is 0 Å². The SMILES string of the molecule is CNC(CN)CC(=O)P. The van der Waals surface area contributed by atoms with E-state index < -0.39 is 0 Å². The molecule has 54 valence electrons. The number of rotatable bonds is 4. The Morgan fingerprint density at radius 1 is 1.89 bits per heavy atom. The molecule has 0 spiro atoms. The molecule has 0 bridgehead atoms. The van der Waals surface area contributed by atoms with Crippen molar-refractivity contribution in [1.82, 2.24) is 5.32 Å². The predicted molar refractivity (Wildman–Crippen MR) is 41.2 cm³/mol. The summed E-state index contributed by atoms with van der Waals surface area (Å²) in [6.45, 7) is 0.511. The Morgan fingerprint density at radius 3 is 2.56 bits per heavy atom. The summed E-state index contributed by atoms with van der Waals surface area (Å²) in [6.07, 6.45) is 0.498. The summed E-state index contributed by atoms with van der Waals surface area (Å²) in [5.74, 6) is 0. The van der Waals surface area contributed by atoms with E-state index in [2.05, 4.69) is 14.6 Å². The fourth-order valence-electron chi connectivity index (χ4n) is 0.546. The fraction of sp³-hybridized carbons (Fsp3) is 0.800. The molecule has 0 aliphatic rings. The van der Waals surface area contributed by atoms with Crippen molar-refractivity contribution in [1.29, 1.82) is 0 Å². The summed E-state index contributed by atoms with van der Waals surface area (Å²) in [6, 6.07) is 0.134. The lowest BCUT2D eigenvalue weighted by Crippen LogP contribution is -2.34. The van der Waals surface area contributed by atoms with Gasteiger partial charge in [-0.2, -0.15) is 0 Å². The largest absolute Gasteiger partial charge is 0.329 e. The van der Waals surface area contributed by atoms with Crippen molar-refractivity contribution >= 4 is 14.8 Å². The normalized spacial score (nSPS) is 13.2.